The van der Waals surface area contributed by atoms with E-state index >= 15 is 0 Å². The highest BCUT2D eigenvalue weighted by atomic mass is 35.5. The van der Waals surface area contributed by atoms with Crippen molar-refractivity contribution in [2.75, 3.05) is 0 Å². The van der Waals surface area contributed by atoms with Gasteiger partial charge in [-0.05, 0) is 18.2 Å². The van der Waals surface area contributed by atoms with Gasteiger partial charge in [-0.1, -0.05) is 24.3 Å². The first-order valence-corrected chi connectivity index (χ1v) is 4.47. The fourth-order valence-electron chi connectivity index (χ4n) is 1.15. The van der Waals surface area contributed by atoms with Crippen LogP contribution in [0.2, 0.25) is 5.15 Å². The summed E-state index contributed by atoms with van der Waals surface area (Å²) in [7, 11) is 0. The van der Waals surface area contributed by atoms with E-state index in [2.05, 4.69) is 16.5 Å². The number of pyridine rings is 1. The smallest absolute Gasteiger partial charge is 0.165 e. The highest BCUT2D eigenvalue weighted by molar-refractivity contribution is 6.29. The van der Waals surface area contributed by atoms with E-state index in [0.29, 0.717) is 5.15 Å². The quantitative estimate of drug-likeness (QED) is 0.558. The number of hydrogen-bond donors (Lipinski definition) is 0. The van der Waals surface area contributed by atoms with Crippen LogP contribution in [0.1, 0.15) is 0 Å². The van der Waals surface area contributed by atoms with Crippen LogP contribution in [0.25, 0.3) is 17.4 Å². The fraction of sp³-hybridized carbons (Fsp3) is 0. The summed E-state index contributed by atoms with van der Waals surface area (Å²) in [5.74, 6) is 0. The lowest BCUT2D eigenvalue weighted by atomic mass is 10.4. The lowest BCUT2D eigenvalue weighted by Crippen LogP contribution is -1.86. The largest absolute Gasteiger partial charge is 0.290 e. The fourth-order valence-corrected chi connectivity index (χ4v) is 1.29. The molecule has 2 heterocycles. The minimum Gasteiger partial charge on any atom is -0.290 e. The number of hydrogen-bond acceptors (Lipinski definition) is 2. The van der Waals surface area contributed by atoms with Gasteiger partial charge < -0.3 is 0 Å². The zero-order valence-corrected chi connectivity index (χ0v) is 8.15. The van der Waals surface area contributed by atoms with Gasteiger partial charge in [0, 0.05) is 6.20 Å². The normalized spacial score (nSPS) is 11.2. The second-order valence-electron chi connectivity index (χ2n) is 2.71. The van der Waals surface area contributed by atoms with E-state index in [1.54, 1.807) is 23.0 Å². The van der Waals surface area contributed by atoms with Gasteiger partial charge in [-0.25, -0.2) is 9.97 Å². The lowest BCUT2D eigenvalue weighted by Gasteiger charge is -1.94. The molecule has 0 bridgehead atoms. The van der Waals surface area contributed by atoms with Gasteiger partial charge in [0.05, 0.1) is 0 Å². The van der Waals surface area contributed by atoms with Gasteiger partial charge in [-0.15, -0.1) is 0 Å². The van der Waals surface area contributed by atoms with Gasteiger partial charge in [0.1, 0.15) is 17.0 Å². The average molecular weight is 206 g/mol. The molecule has 0 aliphatic carbocycles. The standard InChI is InChI=1S/C10H8ClN3/c1-2-3-6-14-7-12-8-4-5-9(11)13-10(8)14/h2-7H,1H2. The van der Waals surface area contributed by atoms with Gasteiger partial charge in [0.2, 0.25) is 0 Å². The Morgan fingerprint density at radius 1 is 1.43 bits per heavy atom. The molecule has 4 heteroatoms. The second kappa shape index (κ2) is 3.64. The molecule has 70 valence electrons. The third-order valence-corrected chi connectivity index (χ3v) is 1.98. The molecule has 0 radical (unpaired) electrons. The van der Waals surface area contributed by atoms with Gasteiger partial charge in [0.15, 0.2) is 5.65 Å². The van der Waals surface area contributed by atoms with Crippen LogP contribution in [0.4, 0.5) is 0 Å². The molecule has 0 unspecified atom stereocenters. The van der Waals surface area contributed by atoms with Crippen LogP contribution in [0, 0.1) is 0 Å². The Bertz CT molecular complexity index is 499. The SMILES string of the molecule is C=CC=Cn1cnc2ccc(Cl)nc21. The first-order valence-electron chi connectivity index (χ1n) is 4.09. The first kappa shape index (κ1) is 8.97. The highest BCUT2D eigenvalue weighted by Crippen LogP contribution is 2.13. The third-order valence-electron chi connectivity index (χ3n) is 1.77. The van der Waals surface area contributed by atoms with E-state index in [4.69, 9.17) is 11.6 Å². The summed E-state index contributed by atoms with van der Waals surface area (Å²) in [6.45, 7) is 3.59. The van der Waals surface area contributed by atoms with Crippen molar-refractivity contribution in [2.45, 2.75) is 0 Å². The van der Waals surface area contributed by atoms with Gasteiger partial charge >= 0.3 is 0 Å². The predicted octanol–water partition coefficient (Wildman–Crippen LogP) is 2.74. The summed E-state index contributed by atoms with van der Waals surface area (Å²) < 4.78 is 1.79. The summed E-state index contributed by atoms with van der Waals surface area (Å²) in [5.41, 5.74) is 1.57. The predicted molar refractivity (Wildman–Crippen MR) is 58.1 cm³/mol. The van der Waals surface area contributed by atoms with Crippen molar-refractivity contribution in [3.8, 4) is 0 Å². The Balaban J connectivity index is 2.60. The second-order valence-corrected chi connectivity index (χ2v) is 3.09. The monoisotopic (exact) mass is 205 g/mol. The first-order chi connectivity index (χ1) is 6.81. The van der Waals surface area contributed by atoms with Gasteiger partial charge in [-0.2, -0.15) is 0 Å². The molecule has 0 aliphatic heterocycles. The van der Waals surface area contributed by atoms with E-state index in [1.165, 1.54) is 0 Å². The molecule has 0 aromatic carbocycles. The van der Waals surface area contributed by atoms with Gasteiger partial charge in [0.25, 0.3) is 0 Å². The molecular weight excluding hydrogens is 198 g/mol. The number of allylic oxidation sites excluding steroid dienone is 2. The van der Waals surface area contributed by atoms with Crippen LogP contribution < -0.4 is 0 Å². The topological polar surface area (TPSA) is 30.7 Å². The summed E-state index contributed by atoms with van der Waals surface area (Å²) in [5, 5.41) is 0.464. The molecule has 14 heavy (non-hydrogen) atoms. The van der Waals surface area contributed by atoms with Crippen LogP contribution in [0.15, 0.2) is 37.2 Å². The van der Waals surface area contributed by atoms with E-state index in [1.807, 2.05) is 18.3 Å². The average Bonchev–Trinajstić information content (AvgIpc) is 2.57. The maximum atomic E-state index is 5.79. The third kappa shape index (κ3) is 1.54. The van der Waals surface area contributed by atoms with Crippen LogP contribution in [-0.4, -0.2) is 14.5 Å². The number of fused-ring (bicyclic) bond motifs is 1. The van der Waals surface area contributed by atoms with E-state index in [-0.39, 0.29) is 0 Å². The van der Waals surface area contributed by atoms with Crippen LogP contribution in [0.5, 0.6) is 0 Å². The van der Waals surface area contributed by atoms with Crippen molar-refractivity contribution >= 4 is 29.0 Å². The Kier molecular flexibility index (Phi) is 2.33. The van der Waals surface area contributed by atoms with Crippen molar-refractivity contribution in [3.63, 3.8) is 0 Å². The van der Waals surface area contributed by atoms with Crippen molar-refractivity contribution in [3.05, 3.63) is 42.3 Å². The summed E-state index contributed by atoms with van der Waals surface area (Å²) in [4.78, 5) is 8.34. The molecule has 0 atom stereocenters. The molecule has 0 amide bonds. The zero-order valence-electron chi connectivity index (χ0n) is 7.39. The number of halogens is 1. The molecular formula is C10H8ClN3. The molecule has 2 rings (SSSR count). The molecule has 0 saturated heterocycles. The minimum atomic E-state index is 0.464. The van der Waals surface area contributed by atoms with E-state index in [0.717, 1.165) is 11.2 Å². The summed E-state index contributed by atoms with van der Waals surface area (Å²) >= 11 is 5.79. The Morgan fingerprint density at radius 2 is 2.29 bits per heavy atom. The number of rotatable bonds is 2. The van der Waals surface area contributed by atoms with Crippen molar-refractivity contribution in [1.29, 1.82) is 0 Å². The molecule has 0 aliphatic rings. The number of imidazole rings is 1. The Morgan fingerprint density at radius 3 is 3.07 bits per heavy atom. The van der Waals surface area contributed by atoms with Crippen molar-refractivity contribution in [2.24, 2.45) is 0 Å². The highest BCUT2D eigenvalue weighted by Gasteiger charge is 2.01. The molecule has 3 nitrogen and oxygen atoms in total. The molecule has 0 saturated carbocycles. The van der Waals surface area contributed by atoms with E-state index < -0.39 is 0 Å². The van der Waals surface area contributed by atoms with Crippen LogP contribution in [0.3, 0.4) is 0 Å². The maximum Gasteiger partial charge on any atom is 0.165 e. The molecule has 2 aromatic heterocycles. The lowest BCUT2D eigenvalue weighted by molar-refractivity contribution is 1.14. The van der Waals surface area contributed by atoms with Crippen LogP contribution in [-0.2, 0) is 0 Å². The Labute approximate surface area is 86.4 Å². The molecule has 2 aromatic rings. The Hall–Kier alpha value is -1.61. The minimum absolute atomic E-state index is 0.464. The van der Waals surface area contributed by atoms with Crippen LogP contribution >= 0.6 is 11.6 Å². The summed E-state index contributed by atoms with van der Waals surface area (Å²) in [6, 6.07) is 3.56. The van der Waals surface area contributed by atoms with Crippen molar-refractivity contribution in [1.82, 2.24) is 14.5 Å². The van der Waals surface area contributed by atoms with E-state index in [9.17, 15) is 0 Å². The number of nitrogens with zero attached hydrogens (tertiary/aromatic N) is 3. The van der Waals surface area contributed by atoms with Gasteiger partial charge in [-0.3, -0.25) is 4.57 Å². The van der Waals surface area contributed by atoms with Crippen molar-refractivity contribution < 1.29 is 0 Å². The molecule has 0 N–H and O–H groups in total. The molecule has 0 spiro atoms. The number of aromatic nitrogens is 3. The molecule has 0 fully saturated rings. The summed E-state index contributed by atoms with van der Waals surface area (Å²) in [6.07, 6.45) is 7.01. The zero-order chi connectivity index (χ0) is 9.97. The maximum absolute atomic E-state index is 5.79.